The Kier molecular flexibility index (Phi) is 28.8. The molecule has 0 aliphatic rings. The molecule has 123 heavy (non-hydrogen) atoms. The molecule has 15 rings (SSSR count). The topological polar surface area (TPSA) is 214 Å². The van der Waals surface area contributed by atoms with E-state index in [-0.39, 0.29) is 28.5 Å². The summed E-state index contributed by atoms with van der Waals surface area (Å²) < 4.78 is 36.4. The predicted octanol–water partition coefficient (Wildman–Crippen LogP) is 26.8. The molecule has 0 aliphatic carbocycles. The van der Waals surface area contributed by atoms with Crippen LogP contribution in [0.3, 0.4) is 0 Å². The van der Waals surface area contributed by atoms with Gasteiger partial charge in [0.05, 0.1) is 67.2 Å². The molecule has 2 N–H and O–H groups in total. The Hall–Kier alpha value is -11.6. The van der Waals surface area contributed by atoms with Gasteiger partial charge < -0.3 is 34.3 Å². The summed E-state index contributed by atoms with van der Waals surface area (Å²) in [7, 11) is 0. The number of aromatic nitrogens is 13. The van der Waals surface area contributed by atoms with E-state index in [9.17, 15) is 0 Å². The molecule has 0 radical (unpaired) electrons. The maximum atomic E-state index is 6.54. The van der Waals surface area contributed by atoms with Crippen molar-refractivity contribution in [1.29, 1.82) is 0 Å². The highest BCUT2D eigenvalue weighted by atomic mass is 35.5. The Morgan fingerprint density at radius 2 is 0.797 bits per heavy atom. The number of anilines is 2. The lowest BCUT2D eigenvalue weighted by atomic mass is 10.1. The van der Waals surface area contributed by atoms with Crippen LogP contribution in [0.15, 0.2) is 176 Å². The highest BCUT2D eigenvalue weighted by Crippen LogP contribution is 2.40. The van der Waals surface area contributed by atoms with Gasteiger partial charge in [-0.1, -0.05) is 75.7 Å². The SMILES string of the molecule is Cc1ccc2c(OC(C)(C)C)cc(-c3ccn(C(C)C)n3)nc2c1.Cc1ccc2c(OC(C)(C)C)cc(-c3nc(C(C)C)cs3)nc2c1.Cc1ccc2c(OC(C)(C)C)cc(-n3ccc(C(C)C)n3)nc2c1.Cc1ccc2c(OC(C)(C)C)cc(-n3ccc(NC(C)C)n3)nc2c1.Cc1ccc2c(OC(C)C)cc(-c3cccc(NC(C)C)n3)nc2c1Cl. The van der Waals surface area contributed by atoms with Gasteiger partial charge >= 0.3 is 0 Å². The van der Waals surface area contributed by atoms with Crippen LogP contribution in [0.5, 0.6) is 28.7 Å². The van der Waals surface area contributed by atoms with Gasteiger partial charge in [-0.2, -0.15) is 10.2 Å². The highest BCUT2D eigenvalue weighted by Gasteiger charge is 2.24. The number of nitrogens with zero attached hydrogens (tertiary/aromatic N) is 13. The average molecular weight is 1700 g/mol. The molecular formula is C101H124ClN15O5S. The number of hydrogen-bond donors (Lipinski definition) is 2. The van der Waals surface area contributed by atoms with E-state index < -0.39 is 0 Å². The third-order valence-corrected chi connectivity index (χ3v) is 20.0. The van der Waals surface area contributed by atoms with E-state index in [1.165, 1.54) is 22.3 Å². The van der Waals surface area contributed by atoms with Crippen molar-refractivity contribution in [3.05, 3.63) is 220 Å². The smallest absolute Gasteiger partial charge is 0.157 e. The maximum Gasteiger partial charge on any atom is 0.157 e. The minimum Gasteiger partial charge on any atom is -0.490 e. The second-order valence-electron chi connectivity index (χ2n) is 37.2. The first-order valence-electron chi connectivity index (χ1n) is 42.6. The quantitative estimate of drug-likeness (QED) is 0.0817. The summed E-state index contributed by atoms with van der Waals surface area (Å²) >= 11 is 8.18. The summed E-state index contributed by atoms with van der Waals surface area (Å²) in [5.41, 5.74) is 15.3. The van der Waals surface area contributed by atoms with Gasteiger partial charge in [0.25, 0.3) is 0 Å². The molecule has 0 atom stereocenters. The van der Waals surface area contributed by atoms with Crippen LogP contribution in [0, 0.1) is 34.6 Å². The lowest BCUT2D eigenvalue weighted by molar-refractivity contribution is 0.132. The van der Waals surface area contributed by atoms with Gasteiger partial charge in [0.2, 0.25) is 0 Å². The van der Waals surface area contributed by atoms with Gasteiger partial charge in [-0.25, -0.2) is 44.3 Å². The van der Waals surface area contributed by atoms with Gasteiger partial charge in [-0.3, -0.25) is 4.68 Å². The number of fused-ring (bicyclic) bond motifs is 5. The molecule has 0 spiro atoms. The molecule has 5 aromatic carbocycles. The normalized spacial score (nSPS) is 11.9. The number of thiazole rings is 1. The lowest BCUT2D eigenvalue weighted by Gasteiger charge is -2.23. The number of pyridine rings is 6. The molecule has 10 heterocycles. The Balaban J connectivity index is 0.000000150. The van der Waals surface area contributed by atoms with Crippen LogP contribution in [0.2, 0.25) is 5.02 Å². The second kappa shape index (κ2) is 38.5. The highest BCUT2D eigenvalue weighted by molar-refractivity contribution is 7.13. The van der Waals surface area contributed by atoms with Crippen molar-refractivity contribution in [2.45, 2.75) is 259 Å². The van der Waals surface area contributed by atoms with Gasteiger partial charge in [0.1, 0.15) is 79.2 Å². The zero-order valence-corrected chi connectivity index (χ0v) is 78.9. The molecule has 22 heteroatoms. The van der Waals surface area contributed by atoms with E-state index in [0.717, 1.165) is 157 Å². The Morgan fingerprint density at radius 3 is 1.24 bits per heavy atom. The second-order valence-corrected chi connectivity index (χ2v) is 38.4. The first-order valence-corrected chi connectivity index (χ1v) is 43.8. The Labute approximate surface area is 736 Å². The Morgan fingerprint density at radius 1 is 0.366 bits per heavy atom. The molecule has 0 bridgehead atoms. The number of ether oxygens (including phenoxy) is 5. The molecule has 646 valence electrons. The van der Waals surface area contributed by atoms with Crippen LogP contribution in [0.4, 0.5) is 11.6 Å². The summed E-state index contributed by atoms with van der Waals surface area (Å²) in [6, 6.07) is 51.7. The van der Waals surface area contributed by atoms with Crippen LogP contribution in [-0.4, -0.2) is 105 Å². The van der Waals surface area contributed by atoms with Crippen molar-refractivity contribution in [2.75, 3.05) is 10.6 Å². The molecule has 0 saturated heterocycles. The largest absolute Gasteiger partial charge is 0.490 e. The van der Waals surface area contributed by atoms with E-state index in [0.29, 0.717) is 35.0 Å². The van der Waals surface area contributed by atoms with E-state index in [1.807, 2.05) is 148 Å². The standard InChI is InChI=1S/C21H24ClN3O.C20H26N4O.2C20H25N3O.C20H24N2OS/c1-12(2)23-19-8-6-7-16(24-19)17-11-18(26-13(3)4)15-10-9-14(5)20(22)21(15)25-17;1-13(2)21-18-9-10-24(23-18)19-12-17(25-20(4,5)6)15-8-7-14(3)11-16(15)22-19;1-13(2)23-10-9-16(22-23)18-12-19(24-20(4,5)6)15-8-7-14(3)11-17(15)21-18;1-13(2)16-9-10-23(22-16)19-12-18(24-20(4,5)6)15-8-7-14(3)11-17(15)21-19;1-12(2)17-11-24-19(22-17)16-10-18(23-20(4,5)6)14-8-7-13(3)9-15(14)21-16/h6-13H,1-5H3,(H,23,24);7-13H,1-6H3,(H,21,23);2*7-13H,1-6H3;7-12H,1-6H3. The first-order chi connectivity index (χ1) is 57.7. The number of benzene rings is 5. The summed E-state index contributed by atoms with van der Waals surface area (Å²) in [4.78, 5) is 33.5. The molecule has 0 fully saturated rings. The third kappa shape index (κ3) is 25.1. The molecule has 10 aromatic heterocycles. The minimum absolute atomic E-state index is 0.0513. The average Bonchev–Trinajstić information content (AvgIpc) is 1.73. The van der Waals surface area contributed by atoms with E-state index >= 15 is 0 Å². The molecule has 0 unspecified atom stereocenters. The van der Waals surface area contributed by atoms with Crippen molar-refractivity contribution in [3.63, 3.8) is 0 Å². The van der Waals surface area contributed by atoms with Crippen molar-refractivity contribution in [2.24, 2.45) is 0 Å². The van der Waals surface area contributed by atoms with Crippen molar-refractivity contribution >= 4 is 89.1 Å². The van der Waals surface area contributed by atoms with E-state index in [1.54, 1.807) is 16.0 Å². The molecule has 0 amide bonds. The molecule has 15 aromatic rings. The van der Waals surface area contributed by atoms with Crippen molar-refractivity contribution in [1.82, 2.24) is 64.2 Å². The zero-order chi connectivity index (χ0) is 89.5. The van der Waals surface area contributed by atoms with Crippen LogP contribution < -0.4 is 34.3 Å². The zero-order valence-electron chi connectivity index (χ0n) is 77.3. The van der Waals surface area contributed by atoms with Gasteiger partial charge in [0.15, 0.2) is 11.6 Å². The monoisotopic (exact) mass is 1690 g/mol. The van der Waals surface area contributed by atoms with Gasteiger partial charge in [-0.05, 0) is 292 Å². The maximum absolute atomic E-state index is 6.54. The Bertz CT molecular complexity index is 5840. The summed E-state index contributed by atoms with van der Waals surface area (Å²) in [5.74, 6) is 8.12. The fourth-order valence-electron chi connectivity index (χ4n) is 13.1. The predicted molar refractivity (Wildman–Crippen MR) is 511 cm³/mol. The molecular weight excluding hydrogens is 1570 g/mol. The lowest BCUT2D eigenvalue weighted by Crippen LogP contribution is -2.23. The number of nitrogens with one attached hydrogen (secondary N) is 2. The van der Waals surface area contributed by atoms with Crippen LogP contribution in [0.1, 0.15) is 223 Å². The van der Waals surface area contributed by atoms with Crippen LogP contribution in [-0.2, 0) is 0 Å². The number of aryl methyl sites for hydroxylation is 5. The number of rotatable bonds is 18. The summed E-state index contributed by atoms with van der Waals surface area (Å²) in [6.07, 6.45) is 5.91. The molecule has 0 saturated carbocycles. The third-order valence-electron chi connectivity index (χ3n) is 18.7. The van der Waals surface area contributed by atoms with Crippen molar-refractivity contribution < 1.29 is 23.7 Å². The summed E-state index contributed by atoms with van der Waals surface area (Å²) in [5, 5.41) is 29.2. The number of halogens is 1. The van der Waals surface area contributed by atoms with Crippen LogP contribution >= 0.6 is 22.9 Å². The fraction of sp³-hybridized carbons (Fsp3) is 0.386. The number of hydrogen-bond acceptors (Lipinski definition) is 18. The first kappa shape index (κ1) is 92.2. The molecule has 0 aliphatic heterocycles. The fourth-order valence-corrected chi connectivity index (χ4v) is 14.3. The van der Waals surface area contributed by atoms with Crippen molar-refractivity contribution in [3.8, 4) is 73.9 Å². The van der Waals surface area contributed by atoms with E-state index in [4.69, 9.17) is 70.2 Å². The van der Waals surface area contributed by atoms with Gasteiger partial charge in [-0.15, -0.1) is 16.4 Å². The van der Waals surface area contributed by atoms with E-state index in [2.05, 4.69) is 263 Å². The van der Waals surface area contributed by atoms with Crippen LogP contribution in [0.25, 0.3) is 99.6 Å². The van der Waals surface area contributed by atoms with Gasteiger partial charge in [0, 0.05) is 105 Å². The molecule has 20 nitrogen and oxygen atoms in total. The minimum atomic E-state index is -0.287. The summed E-state index contributed by atoms with van der Waals surface area (Å²) in [6.45, 7) is 60.1.